The molecule has 0 aromatic heterocycles. The van der Waals surface area contributed by atoms with E-state index in [1.807, 2.05) is 0 Å². The van der Waals surface area contributed by atoms with Crippen LogP contribution >= 0.6 is 0 Å². The van der Waals surface area contributed by atoms with Gasteiger partial charge in [0, 0.05) is 19.5 Å². The Morgan fingerprint density at radius 2 is 1.72 bits per heavy atom. The lowest BCUT2D eigenvalue weighted by molar-refractivity contribution is -0.136. The molecule has 0 aliphatic carbocycles. The van der Waals surface area contributed by atoms with Gasteiger partial charge < -0.3 is 9.84 Å². The van der Waals surface area contributed by atoms with Crippen molar-refractivity contribution in [1.82, 2.24) is 4.31 Å². The number of hydrogen-bond donors (Lipinski definition) is 2. The number of sulfonamides is 2. The molecule has 174 valence electrons. The van der Waals surface area contributed by atoms with Crippen molar-refractivity contribution in [1.29, 1.82) is 0 Å². The lowest BCUT2D eigenvalue weighted by Crippen LogP contribution is -2.28. The average Bonchev–Trinajstić information content (AvgIpc) is 3.29. The molecule has 1 aliphatic rings. The zero-order valence-corrected chi connectivity index (χ0v) is 19.3. The molecular formula is C21H26N2O7S2. The molecule has 1 saturated heterocycles. The molecule has 0 bridgehead atoms. The van der Waals surface area contributed by atoms with Crippen molar-refractivity contribution in [3.05, 3.63) is 48.0 Å². The number of aryl methyl sites for hydroxylation is 1. The second kappa shape index (κ2) is 9.88. The van der Waals surface area contributed by atoms with E-state index in [1.54, 1.807) is 19.1 Å². The van der Waals surface area contributed by atoms with Crippen LogP contribution in [0.2, 0.25) is 0 Å². The van der Waals surface area contributed by atoms with E-state index in [4.69, 9.17) is 9.84 Å². The number of anilines is 1. The van der Waals surface area contributed by atoms with Crippen LogP contribution in [0.25, 0.3) is 0 Å². The number of rotatable bonds is 10. The zero-order valence-electron chi connectivity index (χ0n) is 17.7. The van der Waals surface area contributed by atoms with Gasteiger partial charge in [-0.15, -0.1) is 0 Å². The first kappa shape index (κ1) is 24.0. The average molecular weight is 483 g/mol. The minimum Gasteiger partial charge on any atom is -0.492 e. The molecule has 1 aliphatic heterocycles. The molecule has 0 unspecified atom stereocenters. The van der Waals surface area contributed by atoms with E-state index in [9.17, 15) is 21.6 Å². The van der Waals surface area contributed by atoms with E-state index in [-0.39, 0.29) is 34.3 Å². The molecule has 0 amide bonds. The molecule has 11 heteroatoms. The summed E-state index contributed by atoms with van der Waals surface area (Å²) < 4.78 is 61.1. The van der Waals surface area contributed by atoms with Crippen molar-refractivity contribution in [2.45, 2.75) is 42.4 Å². The number of carbonyl (C=O) groups is 1. The van der Waals surface area contributed by atoms with E-state index in [0.717, 1.165) is 12.8 Å². The second-order valence-corrected chi connectivity index (χ2v) is 10.9. The van der Waals surface area contributed by atoms with Crippen LogP contribution in [0.15, 0.2) is 52.3 Å². The normalized spacial score (nSPS) is 14.9. The maximum Gasteiger partial charge on any atom is 0.303 e. The molecule has 1 heterocycles. The molecule has 2 aromatic rings. The number of hydrogen-bond acceptors (Lipinski definition) is 6. The van der Waals surface area contributed by atoms with Crippen LogP contribution in [0, 0.1) is 0 Å². The van der Waals surface area contributed by atoms with Crippen molar-refractivity contribution in [3.63, 3.8) is 0 Å². The first-order chi connectivity index (χ1) is 15.1. The van der Waals surface area contributed by atoms with E-state index in [2.05, 4.69) is 4.72 Å². The summed E-state index contributed by atoms with van der Waals surface area (Å²) in [5.74, 6) is -0.760. The summed E-state index contributed by atoms with van der Waals surface area (Å²) in [6.07, 6.45) is 1.79. The van der Waals surface area contributed by atoms with Gasteiger partial charge in [-0.1, -0.05) is 12.1 Å². The predicted octanol–water partition coefficient (Wildman–Crippen LogP) is 2.69. The van der Waals surface area contributed by atoms with Gasteiger partial charge in [0.15, 0.2) is 0 Å². The fourth-order valence-corrected chi connectivity index (χ4v) is 6.14. The fraction of sp³-hybridized carbons (Fsp3) is 0.381. The monoisotopic (exact) mass is 482 g/mol. The van der Waals surface area contributed by atoms with Crippen LogP contribution in [-0.2, 0) is 31.3 Å². The Balaban J connectivity index is 1.87. The number of carboxylic acids is 1. The molecule has 32 heavy (non-hydrogen) atoms. The highest BCUT2D eigenvalue weighted by molar-refractivity contribution is 7.92. The van der Waals surface area contributed by atoms with E-state index >= 15 is 0 Å². The summed E-state index contributed by atoms with van der Waals surface area (Å²) in [6.45, 7) is 2.83. The Kier molecular flexibility index (Phi) is 7.42. The number of carboxylic acid groups (broad SMARTS) is 1. The van der Waals surface area contributed by atoms with Crippen molar-refractivity contribution >= 4 is 31.7 Å². The molecule has 3 rings (SSSR count). The topological polar surface area (TPSA) is 130 Å². The van der Waals surface area contributed by atoms with Crippen LogP contribution in [0.3, 0.4) is 0 Å². The molecule has 1 fully saturated rings. The summed E-state index contributed by atoms with van der Waals surface area (Å²) >= 11 is 0. The van der Waals surface area contributed by atoms with Gasteiger partial charge in [0.25, 0.3) is 10.0 Å². The van der Waals surface area contributed by atoms with Gasteiger partial charge >= 0.3 is 5.97 Å². The smallest absolute Gasteiger partial charge is 0.303 e. The number of nitrogens with one attached hydrogen (secondary N) is 1. The maximum absolute atomic E-state index is 13.1. The molecule has 2 N–H and O–H groups in total. The van der Waals surface area contributed by atoms with Crippen molar-refractivity contribution in [2.75, 3.05) is 24.4 Å². The fourth-order valence-electron chi connectivity index (χ4n) is 3.42. The Morgan fingerprint density at radius 1 is 1.06 bits per heavy atom. The lowest BCUT2D eigenvalue weighted by Gasteiger charge is -2.19. The van der Waals surface area contributed by atoms with E-state index in [1.165, 1.54) is 34.6 Å². The SMILES string of the molecule is CCOc1ccc(NS(=O)(=O)c2ccc(CCC(=O)O)cc2)cc1S(=O)(=O)N1CCCC1. The largest absolute Gasteiger partial charge is 0.492 e. The van der Waals surface area contributed by atoms with Crippen LogP contribution in [0.5, 0.6) is 5.75 Å². The van der Waals surface area contributed by atoms with Crippen LogP contribution in [-0.4, -0.2) is 51.9 Å². The molecule has 9 nitrogen and oxygen atoms in total. The molecule has 0 atom stereocenters. The van der Waals surface area contributed by atoms with Crippen LogP contribution < -0.4 is 9.46 Å². The molecular weight excluding hydrogens is 456 g/mol. The number of ether oxygens (including phenoxy) is 1. The Bertz CT molecular complexity index is 1170. The quantitative estimate of drug-likeness (QED) is 0.532. The first-order valence-corrected chi connectivity index (χ1v) is 13.2. The third kappa shape index (κ3) is 5.59. The summed E-state index contributed by atoms with van der Waals surface area (Å²) in [4.78, 5) is 10.6. The highest BCUT2D eigenvalue weighted by Gasteiger charge is 2.30. The minimum absolute atomic E-state index is 0.0191. The third-order valence-electron chi connectivity index (χ3n) is 5.04. The number of aliphatic carboxylic acids is 1. The third-order valence-corrected chi connectivity index (χ3v) is 8.36. The summed E-state index contributed by atoms with van der Waals surface area (Å²) in [7, 11) is -7.81. The van der Waals surface area contributed by atoms with Crippen molar-refractivity contribution in [2.24, 2.45) is 0 Å². The number of benzene rings is 2. The number of nitrogens with zero attached hydrogens (tertiary/aromatic N) is 1. The van der Waals surface area contributed by atoms with Crippen molar-refractivity contribution < 1.29 is 31.5 Å². The van der Waals surface area contributed by atoms with Gasteiger partial charge in [0.05, 0.1) is 17.2 Å². The van der Waals surface area contributed by atoms with Crippen LogP contribution in [0.1, 0.15) is 31.7 Å². The molecule has 0 radical (unpaired) electrons. The second-order valence-electron chi connectivity index (χ2n) is 7.35. The predicted molar refractivity (Wildman–Crippen MR) is 119 cm³/mol. The van der Waals surface area contributed by atoms with Gasteiger partial charge in [-0.05, 0) is 62.1 Å². The first-order valence-electron chi connectivity index (χ1n) is 10.2. The summed E-state index contributed by atoms with van der Waals surface area (Å²) in [6, 6.07) is 10.0. The van der Waals surface area contributed by atoms with Crippen molar-refractivity contribution in [3.8, 4) is 5.75 Å². The van der Waals surface area contributed by atoms with E-state index < -0.39 is 26.0 Å². The van der Waals surface area contributed by atoms with Gasteiger partial charge in [0.2, 0.25) is 10.0 Å². The Hall–Kier alpha value is -2.63. The van der Waals surface area contributed by atoms with Gasteiger partial charge in [-0.3, -0.25) is 9.52 Å². The van der Waals surface area contributed by atoms with Crippen LogP contribution in [0.4, 0.5) is 5.69 Å². The zero-order chi connectivity index (χ0) is 23.4. The minimum atomic E-state index is -3.98. The highest BCUT2D eigenvalue weighted by Crippen LogP contribution is 2.32. The van der Waals surface area contributed by atoms with Gasteiger partial charge in [-0.25, -0.2) is 16.8 Å². The Labute approximate surface area is 188 Å². The summed E-state index contributed by atoms with van der Waals surface area (Å²) in [5.41, 5.74) is 0.799. The summed E-state index contributed by atoms with van der Waals surface area (Å²) in [5, 5.41) is 8.76. The Morgan fingerprint density at radius 3 is 2.31 bits per heavy atom. The lowest BCUT2D eigenvalue weighted by atomic mass is 10.1. The molecule has 2 aromatic carbocycles. The van der Waals surface area contributed by atoms with E-state index in [0.29, 0.717) is 25.1 Å². The molecule has 0 spiro atoms. The standard InChI is InChI=1S/C21H26N2O7S2/c1-2-30-19-11-8-17(15-20(19)32(28,29)23-13-3-4-14-23)22-31(26,27)18-9-5-16(6-10-18)7-12-21(24)25/h5-6,8-11,15,22H,2-4,7,12-14H2,1H3,(H,24,25). The molecule has 0 saturated carbocycles. The maximum atomic E-state index is 13.1. The van der Waals surface area contributed by atoms with Gasteiger partial charge in [0.1, 0.15) is 10.6 Å². The highest BCUT2D eigenvalue weighted by atomic mass is 32.2. The van der Waals surface area contributed by atoms with Gasteiger partial charge in [-0.2, -0.15) is 4.31 Å².